The molecule has 0 atom stereocenters. The first-order valence-corrected chi connectivity index (χ1v) is 8.10. The van der Waals surface area contributed by atoms with Gasteiger partial charge in [-0.1, -0.05) is 37.3 Å². The highest BCUT2D eigenvalue weighted by Gasteiger charge is 2.20. The number of methoxy groups -OCH3 is 1. The Morgan fingerprint density at radius 3 is 2.23 bits per heavy atom. The molecule has 0 saturated carbocycles. The standard InChI is InChI=1S/C11H18OSi/c1-9-6-7-10(12-2)11(8-9)13(3,4)5/h6-8H,1-5H3. The SMILES string of the molecule is COc1ccc(C)cc1[Si](C)(C)C. The summed E-state index contributed by atoms with van der Waals surface area (Å²) in [6.07, 6.45) is 0. The van der Waals surface area contributed by atoms with Gasteiger partial charge in [0.05, 0.1) is 15.2 Å². The first-order chi connectivity index (χ1) is 5.95. The zero-order valence-electron chi connectivity index (χ0n) is 9.14. The summed E-state index contributed by atoms with van der Waals surface area (Å²) in [7, 11) is 0.489. The van der Waals surface area contributed by atoms with Crippen molar-refractivity contribution in [3.8, 4) is 5.75 Å². The van der Waals surface area contributed by atoms with Gasteiger partial charge in [0.1, 0.15) is 5.75 Å². The minimum atomic E-state index is -1.26. The highest BCUT2D eigenvalue weighted by molar-refractivity contribution is 6.89. The van der Waals surface area contributed by atoms with Crippen molar-refractivity contribution in [2.24, 2.45) is 0 Å². The summed E-state index contributed by atoms with van der Waals surface area (Å²) in [6.45, 7) is 9.14. The molecule has 1 aromatic carbocycles. The highest BCUT2D eigenvalue weighted by atomic mass is 28.3. The topological polar surface area (TPSA) is 9.23 Å². The van der Waals surface area contributed by atoms with Crippen LogP contribution in [0.5, 0.6) is 5.75 Å². The minimum Gasteiger partial charge on any atom is -0.497 e. The number of benzene rings is 1. The van der Waals surface area contributed by atoms with Gasteiger partial charge in [-0.05, 0) is 18.2 Å². The Morgan fingerprint density at radius 2 is 1.77 bits per heavy atom. The molecule has 0 aromatic heterocycles. The van der Waals surface area contributed by atoms with Gasteiger partial charge in [0.2, 0.25) is 0 Å². The normalized spacial score (nSPS) is 11.5. The molecule has 1 nitrogen and oxygen atoms in total. The second kappa shape index (κ2) is 3.54. The van der Waals surface area contributed by atoms with Gasteiger partial charge in [0.15, 0.2) is 0 Å². The molecule has 0 heterocycles. The van der Waals surface area contributed by atoms with Crippen molar-refractivity contribution in [3.63, 3.8) is 0 Å². The van der Waals surface area contributed by atoms with Crippen LogP contribution >= 0.6 is 0 Å². The lowest BCUT2D eigenvalue weighted by molar-refractivity contribution is 0.418. The van der Waals surface area contributed by atoms with E-state index in [4.69, 9.17) is 4.74 Å². The third-order valence-electron chi connectivity index (χ3n) is 2.16. The summed E-state index contributed by atoms with van der Waals surface area (Å²) >= 11 is 0. The molecule has 1 rings (SSSR count). The molecular weight excluding hydrogens is 176 g/mol. The predicted molar refractivity (Wildman–Crippen MR) is 60.7 cm³/mol. The maximum Gasteiger partial charge on any atom is 0.118 e. The number of hydrogen-bond acceptors (Lipinski definition) is 1. The third kappa shape index (κ3) is 2.34. The molecule has 0 radical (unpaired) electrons. The van der Waals surface area contributed by atoms with Crippen LogP contribution in [0.3, 0.4) is 0 Å². The van der Waals surface area contributed by atoms with Crippen molar-refractivity contribution in [2.75, 3.05) is 7.11 Å². The lowest BCUT2D eigenvalue weighted by Crippen LogP contribution is -2.38. The Kier molecular flexibility index (Phi) is 2.81. The van der Waals surface area contributed by atoms with Gasteiger partial charge in [0.25, 0.3) is 0 Å². The third-order valence-corrected chi connectivity index (χ3v) is 4.17. The maximum absolute atomic E-state index is 5.36. The molecule has 0 N–H and O–H groups in total. The predicted octanol–water partition coefficient (Wildman–Crippen LogP) is 2.55. The minimum absolute atomic E-state index is 1.05. The first kappa shape index (κ1) is 10.3. The number of rotatable bonds is 2. The highest BCUT2D eigenvalue weighted by Crippen LogP contribution is 2.15. The molecular formula is C11H18OSi. The van der Waals surface area contributed by atoms with Gasteiger partial charge in [0, 0.05) is 0 Å². The number of ether oxygens (including phenoxy) is 1. The second-order valence-corrected chi connectivity index (χ2v) is 9.49. The van der Waals surface area contributed by atoms with E-state index in [1.54, 1.807) is 7.11 Å². The van der Waals surface area contributed by atoms with Crippen LogP contribution in [-0.2, 0) is 0 Å². The van der Waals surface area contributed by atoms with Crippen molar-refractivity contribution >= 4 is 13.3 Å². The van der Waals surface area contributed by atoms with Crippen LogP contribution in [0.25, 0.3) is 0 Å². The summed E-state index contributed by atoms with van der Waals surface area (Å²) in [6, 6.07) is 6.43. The van der Waals surface area contributed by atoms with Gasteiger partial charge in [-0.25, -0.2) is 0 Å². The monoisotopic (exact) mass is 194 g/mol. The molecule has 1 aromatic rings. The molecule has 72 valence electrons. The average Bonchev–Trinajstić information content (AvgIpc) is 2.03. The van der Waals surface area contributed by atoms with Crippen LogP contribution in [0.15, 0.2) is 18.2 Å². The van der Waals surface area contributed by atoms with Crippen LogP contribution in [0, 0.1) is 6.92 Å². The first-order valence-electron chi connectivity index (χ1n) is 4.60. The zero-order valence-corrected chi connectivity index (χ0v) is 10.1. The van der Waals surface area contributed by atoms with E-state index in [2.05, 4.69) is 44.8 Å². The second-order valence-electron chi connectivity index (χ2n) is 4.45. The molecule has 0 unspecified atom stereocenters. The van der Waals surface area contributed by atoms with E-state index >= 15 is 0 Å². The van der Waals surface area contributed by atoms with Crippen molar-refractivity contribution < 1.29 is 4.74 Å². The van der Waals surface area contributed by atoms with E-state index in [-0.39, 0.29) is 0 Å². The van der Waals surface area contributed by atoms with Crippen LogP contribution < -0.4 is 9.92 Å². The Labute approximate surface area is 81.8 Å². The molecule has 0 aliphatic rings. The van der Waals surface area contributed by atoms with Gasteiger partial charge in [-0.15, -0.1) is 0 Å². The molecule has 13 heavy (non-hydrogen) atoms. The molecule has 0 fully saturated rings. The quantitative estimate of drug-likeness (QED) is 0.657. The number of hydrogen-bond donors (Lipinski definition) is 0. The Bertz CT molecular complexity index is 299. The van der Waals surface area contributed by atoms with E-state index in [1.807, 2.05) is 0 Å². The van der Waals surface area contributed by atoms with Crippen molar-refractivity contribution in [3.05, 3.63) is 23.8 Å². The van der Waals surface area contributed by atoms with Crippen LogP contribution in [0.2, 0.25) is 19.6 Å². The van der Waals surface area contributed by atoms with Crippen LogP contribution in [0.4, 0.5) is 0 Å². The molecule has 0 amide bonds. The fourth-order valence-electron chi connectivity index (χ4n) is 1.41. The summed E-state index contributed by atoms with van der Waals surface area (Å²) < 4.78 is 5.36. The molecule has 0 bridgehead atoms. The average molecular weight is 194 g/mol. The lowest BCUT2D eigenvalue weighted by atomic mass is 10.2. The molecule has 0 aliphatic carbocycles. The van der Waals surface area contributed by atoms with Gasteiger partial charge < -0.3 is 4.74 Å². The van der Waals surface area contributed by atoms with Crippen LogP contribution in [-0.4, -0.2) is 15.2 Å². The van der Waals surface area contributed by atoms with Gasteiger partial charge in [-0.3, -0.25) is 0 Å². The van der Waals surface area contributed by atoms with E-state index in [0.717, 1.165) is 5.75 Å². The summed E-state index contributed by atoms with van der Waals surface area (Å²) in [4.78, 5) is 0. The zero-order chi connectivity index (χ0) is 10.1. The molecule has 2 heteroatoms. The van der Waals surface area contributed by atoms with E-state index in [9.17, 15) is 0 Å². The summed E-state index contributed by atoms with van der Waals surface area (Å²) in [5, 5.41) is 1.41. The van der Waals surface area contributed by atoms with Crippen molar-refractivity contribution in [1.82, 2.24) is 0 Å². The fourth-order valence-corrected chi connectivity index (χ4v) is 2.99. The largest absolute Gasteiger partial charge is 0.497 e. The van der Waals surface area contributed by atoms with Gasteiger partial charge >= 0.3 is 0 Å². The van der Waals surface area contributed by atoms with E-state index in [1.165, 1.54) is 10.8 Å². The van der Waals surface area contributed by atoms with Gasteiger partial charge in [-0.2, -0.15) is 0 Å². The van der Waals surface area contributed by atoms with E-state index in [0.29, 0.717) is 0 Å². The van der Waals surface area contributed by atoms with Crippen molar-refractivity contribution in [2.45, 2.75) is 26.6 Å². The van der Waals surface area contributed by atoms with E-state index < -0.39 is 8.07 Å². The fraction of sp³-hybridized carbons (Fsp3) is 0.455. The smallest absolute Gasteiger partial charge is 0.118 e. The molecule has 0 aliphatic heterocycles. The van der Waals surface area contributed by atoms with Crippen molar-refractivity contribution in [1.29, 1.82) is 0 Å². The van der Waals surface area contributed by atoms with Crippen LogP contribution in [0.1, 0.15) is 5.56 Å². The summed E-state index contributed by atoms with van der Waals surface area (Å²) in [5.74, 6) is 1.05. The maximum atomic E-state index is 5.36. The Morgan fingerprint density at radius 1 is 1.15 bits per heavy atom. The lowest BCUT2D eigenvalue weighted by Gasteiger charge is -2.20. The Hall–Kier alpha value is -0.763. The molecule has 0 spiro atoms. The molecule has 0 saturated heterocycles. The number of aryl methyl sites for hydroxylation is 1. The summed E-state index contributed by atoms with van der Waals surface area (Å²) in [5.41, 5.74) is 1.32. The Balaban J connectivity index is 3.24.